The number of fused-ring (bicyclic) bond motifs is 1. The summed E-state index contributed by atoms with van der Waals surface area (Å²) in [5.74, 6) is 0. The molecule has 8 heavy (non-hydrogen) atoms. The third-order valence-corrected chi connectivity index (χ3v) is 2.16. The molecule has 0 aromatic heterocycles. The molecule has 3 fully saturated rings. The van der Waals surface area contributed by atoms with Crippen molar-refractivity contribution in [2.45, 2.75) is 25.5 Å². The van der Waals surface area contributed by atoms with Crippen LogP contribution in [-0.4, -0.2) is 12.3 Å². The second kappa shape index (κ2) is 0.957. The van der Waals surface area contributed by atoms with Crippen LogP contribution >= 0.6 is 0 Å². The zero-order valence-corrected chi connectivity index (χ0v) is 5.11. The molecule has 0 aromatic carbocycles. The summed E-state index contributed by atoms with van der Waals surface area (Å²) in [6.45, 7) is 3.11. The topological polar surface area (TPSA) is 35.2 Å². The maximum absolute atomic E-state index is 5.71. The standard InChI is InChI=1S/C6H11NO/c1-5-2-6(7,3-5)8-4-5/h2-4,7H2,1H3. The van der Waals surface area contributed by atoms with Gasteiger partial charge in [0.15, 0.2) is 0 Å². The van der Waals surface area contributed by atoms with Gasteiger partial charge in [-0.25, -0.2) is 0 Å². The molecule has 2 nitrogen and oxygen atoms in total. The zero-order chi connectivity index (χ0) is 5.83. The average Bonchev–Trinajstić information content (AvgIpc) is 1.88. The van der Waals surface area contributed by atoms with Gasteiger partial charge in [0.1, 0.15) is 5.72 Å². The molecule has 2 aliphatic heterocycles. The van der Waals surface area contributed by atoms with Gasteiger partial charge in [-0.1, -0.05) is 6.92 Å². The van der Waals surface area contributed by atoms with E-state index in [4.69, 9.17) is 10.5 Å². The van der Waals surface area contributed by atoms with Gasteiger partial charge in [-0.15, -0.1) is 0 Å². The monoisotopic (exact) mass is 113 g/mol. The summed E-state index contributed by atoms with van der Waals surface area (Å²) in [6, 6.07) is 0. The molecule has 3 rings (SSSR count). The Balaban J connectivity index is 2.22. The number of hydrogen-bond acceptors (Lipinski definition) is 2. The lowest BCUT2D eigenvalue weighted by molar-refractivity contribution is -0.00508. The lowest BCUT2D eigenvalue weighted by Gasteiger charge is -2.39. The van der Waals surface area contributed by atoms with Crippen molar-refractivity contribution >= 4 is 0 Å². The Labute approximate surface area is 49.0 Å². The van der Waals surface area contributed by atoms with E-state index in [1.54, 1.807) is 0 Å². The first-order valence-electron chi connectivity index (χ1n) is 3.05. The minimum Gasteiger partial charge on any atom is -0.360 e. The summed E-state index contributed by atoms with van der Waals surface area (Å²) >= 11 is 0. The van der Waals surface area contributed by atoms with Crippen LogP contribution in [0.3, 0.4) is 0 Å². The van der Waals surface area contributed by atoms with Crippen molar-refractivity contribution in [1.82, 2.24) is 0 Å². The molecule has 2 saturated heterocycles. The van der Waals surface area contributed by atoms with E-state index >= 15 is 0 Å². The smallest absolute Gasteiger partial charge is 0.118 e. The molecule has 3 aliphatic rings. The lowest BCUT2D eigenvalue weighted by Crippen LogP contribution is -2.49. The number of ether oxygens (including phenoxy) is 1. The van der Waals surface area contributed by atoms with Gasteiger partial charge in [-0.05, 0) is 18.3 Å². The van der Waals surface area contributed by atoms with Crippen LogP contribution < -0.4 is 5.73 Å². The van der Waals surface area contributed by atoms with Crippen LogP contribution in [-0.2, 0) is 4.74 Å². The van der Waals surface area contributed by atoms with Crippen LogP contribution in [0, 0.1) is 5.41 Å². The molecule has 2 heteroatoms. The Hall–Kier alpha value is -0.0800. The molecular formula is C6H11NO. The van der Waals surface area contributed by atoms with Crippen LogP contribution in [0.1, 0.15) is 19.8 Å². The number of hydrogen-bond donors (Lipinski definition) is 1. The van der Waals surface area contributed by atoms with Gasteiger partial charge in [0.25, 0.3) is 0 Å². The van der Waals surface area contributed by atoms with Crippen LogP contribution in [0.2, 0.25) is 0 Å². The first kappa shape index (κ1) is 4.77. The summed E-state index contributed by atoms with van der Waals surface area (Å²) in [4.78, 5) is 0. The van der Waals surface area contributed by atoms with Crippen molar-refractivity contribution in [2.24, 2.45) is 11.1 Å². The van der Waals surface area contributed by atoms with Gasteiger partial charge < -0.3 is 10.5 Å². The highest BCUT2D eigenvalue weighted by Crippen LogP contribution is 2.54. The van der Waals surface area contributed by atoms with Crippen molar-refractivity contribution in [3.8, 4) is 0 Å². The van der Waals surface area contributed by atoms with Crippen LogP contribution in [0.5, 0.6) is 0 Å². The van der Waals surface area contributed by atoms with Gasteiger partial charge in [-0.2, -0.15) is 0 Å². The van der Waals surface area contributed by atoms with Gasteiger partial charge >= 0.3 is 0 Å². The normalized spacial score (nSPS) is 60.8. The SMILES string of the molecule is CC12COC(N)(C1)C2. The predicted molar refractivity (Wildman–Crippen MR) is 30.2 cm³/mol. The zero-order valence-electron chi connectivity index (χ0n) is 5.11. The fourth-order valence-corrected chi connectivity index (χ4v) is 1.92. The predicted octanol–water partition coefficient (Wildman–Crippen LogP) is 0.472. The van der Waals surface area contributed by atoms with E-state index in [2.05, 4.69) is 6.92 Å². The Bertz CT molecular complexity index is 112. The highest BCUT2D eigenvalue weighted by molar-refractivity contribution is 5.05. The van der Waals surface area contributed by atoms with Crippen molar-refractivity contribution in [3.05, 3.63) is 0 Å². The largest absolute Gasteiger partial charge is 0.360 e. The molecule has 0 unspecified atom stereocenters. The number of rotatable bonds is 0. The first-order valence-corrected chi connectivity index (χ1v) is 3.05. The Morgan fingerprint density at radius 3 is 2.25 bits per heavy atom. The van der Waals surface area contributed by atoms with Crippen LogP contribution in [0.25, 0.3) is 0 Å². The molecule has 0 radical (unpaired) electrons. The van der Waals surface area contributed by atoms with Crippen molar-refractivity contribution in [1.29, 1.82) is 0 Å². The minimum atomic E-state index is -0.200. The van der Waals surface area contributed by atoms with Crippen molar-refractivity contribution in [3.63, 3.8) is 0 Å². The second-order valence-corrected chi connectivity index (χ2v) is 3.52. The molecule has 0 atom stereocenters. The third kappa shape index (κ3) is 0.400. The molecule has 0 amide bonds. The van der Waals surface area contributed by atoms with Gasteiger partial charge in [0.2, 0.25) is 0 Å². The van der Waals surface area contributed by atoms with E-state index in [0.717, 1.165) is 19.4 Å². The fraction of sp³-hybridized carbons (Fsp3) is 1.00. The van der Waals surface area contributed by atoms with E-state index in [1.165, 1.54) is 0 Å². The summed E-state index contributed by atoms with van der Waals surface area (Å²) in [5, 5.41) is 0. The quantitative estimate of drug-likeness (QED) is 0.495. The molecule has 1 aliphatic carbocycles. The van der Waals surface area contributed by atoms with Crippen LogP contribution in [0.15, 0.2) is 0 Å². The Morgan fingerprint density at radius 2 is 2.12 bits per heavy atom. The second-order valence-electron chi connectivity index (χ2n) is 3.52. The average molecular weight is 113 g/mol. The molecule has 2 heterocycles. The molecule has 0 aromatic rings. The highest BCUT2D eigenvalue weighted by Gasteiger charge is 2.57. The molecule has 46 valence electrons. The maximum atomic E-state index is 5.71. The maximum Gasteiger partial charge on any atom is 0.118 e. The first-order chi connectivity index (χ1) is 3.62. The molecule has 2 bridgehead atoms. The highest BCUT2D eigenvalue weighted by atomic mass is 16.5. The van der Waals surface area contributed by atoms with E-state index < -0.39 is 0 Å². The van der Waals surface area contributed by atoms with Gasteiger partial charge in [0.05, 0.1) is 6.61 Å². The molecule has 0 spiro atoms. The van der Waals surface area contributed by atoms with E-state index in [9.17, 15) is 0 Å². The van der Waals surface area contributed by atoms with Gasteiger partial charge in [0, 0.05) is 0 Å². The summed E-state index contributed by atoms with van der Waals surface area (Å²) < 4.78 is 5.30. The summed E-state index contributed by atoms with van der Waals surface area (Å²) in [5.41, 5.74) is 5.96. The number of nitrogens with two attached hydrogens (primary N) is 1. The third-order valence-electron chi connectivity index (χ3n) is 2.16. The van der Waals surface area contributed by atoms with Crippen molar-refractivity contribution < 1.29 is 4.74 Å². The lowest BCUT2D eigenvalue weighted by atomic mass is 9.68. The molecule has 2 N–H and O–H groups in total. The Morgan fingerprint density at radius 1 is 1.50 bits per heavy atom. The fourth-order valence-electron chi connectivity index (χ4n) is 1.92. The van der Waals surface area contributed by atoms with Gasteiger partial charge in [-0.3, -0.25) is 0 Å². The summed E-state index contributed by atoms with van der Waals surface area (Å²) in [6.07, 6.45) is 2.14. The van der Waals surface area contributed by atoms with Crippen LogP contribution in [0.4, 0.5) is 0 Å². The Kier molecular flexibility index (Phi) is 0.570. The summed E-state index contributed by atoms with van der Waals surface area (Å²) in [7, 11) is 0. The molecular weight excluding hydrogens is 102 g/mol. The minimum absolute atomic E-state index is 0.200. The van der Waals surface area contributed by atoms with E-state index in [-0.39, 0.29) is 5.72 Å². The van der Waals surface area contributed by atoms with E-state index in [0.29, 0.717) is 5.41 Å². The van der Waals surface area contributed by atoms with Crippen molar-refractivity contribution in [2.75, 3.05) is 6.61 Å². The molecule has 1 saturated carbocycles. The van der Waals surface area contributed by atoms with E-state index in [1.807, 2.05) is 0 Å².